The molecule has 4 unspecified atom stereocenters. The number of esters is 1. The van der Waals surface area contributed by atoms with Crippen LogP contribution in [0.3, 0.4) is 0 Å². The van der Waals surface area contributed by atoms with Crippen LogP contribution in [0.1, 0.15) is 22.3 Å². The average Bonchev–Trinajstić information content (AvgIpc) is 3.52. The van der Waals surface area contributed by atoms with Crippen LogP contribution in [0, 0.1) is 33.8 Å². The number of imide groups is 1. The van der Waals surface area contributed by atoms with Crippen molar-refractivity contribution in [3.05, 3.63) is 75.9 Å². The van der Waals surface area contributed by atoms with Crippen molar-refractivity contribution in [2.24, 2.45) is 28.8 Å². The maximum atomic E-state index is 12.8. The monoisotopic (exact) mass is 461 g/mol. The Morgan fingerprint density at radius 1 is 1.09 bits per heavy atom. The van der Waals surface area contributed by atoms with Crippen molar-refractivity contribution in [3.63, 3.8) is 0 Å². The van der Waals surface area contributed by atoms with Gasteiger partial charge < -0.3 is 9.47 Å². The van der Waals surface area contributed by atoms with Crippen LogP contribution in [0.4, 0.5) is 5.69 Å². The Hall–Kier alpha value is -4.34. The van der Waals surface area contributed by atoms with Crippen molar-refractivity contribution in [2.45, 2.75) is 6.42 Å². The van der Waals surface area contributed by atoms with E-state index in [0.29, 0.717) is 5.75 Å². The number of non-ortho nitro benzene ring substituents is 1. The fourth-order valence-electron chi connectivity index (χ4n) is 4.85. The maximum Gasteiger partial charge on any atom is 0.343 e. The first kappa shape index (κ1) is 21.5. The van der Waals surface area contributed by atoms with Gasteiger partial charge in [0.05, 0.1) is 35.6 Å². The molecule has 2 fully saturated rings. The van der Waals surface area contributed by atoms with Crippen LogP contribution in [0.5, 0.6) is 11.5 Å². The number of hydrazone groups is 1. The Morgan fingerprint density at radius 2 is 1.74 bits per heavy atom. The Balaban J connectivity index is 1.41. The van der Waals surface area contributed by atoms with Gasteiger partial charge in [-0.2, -0.15) is 10.1 Å². The highest BCUT2D eigenvalue weighted by Crippen LogP contribution is 2.52. The number of hydrogen-bond acceptors (Lipinski definition) is 8. The maximum absolute atomic E-state index is 12.8. The normalized spacial score (nSPS) is 24.7. The third-order valence-corrected chi connectivity index (χ3v) is 6.49. The van der Waals surface area contributed by atoms with Crippen LogP contribution in [-0.2, 0) is 9.59 Å². The van der Waals surface area contributed by atoms with Crippen LogP contribution < -0.4 is 9.47 Å². The number of ether oxygens (including phenoxy) is 2. The zero-order valence-electron chi connectivity index (χ0n) is 18.0. The summed E-state index contributed by atoms with van der Waals surface area (Å²) in [7, 11) is 1.50. The lowest BCUT2D eigenvalue weighted by Crippen LogP contribution is -2.28. The third kappa shape index (κ3) is 3.53. The van der Waals surface area contributed by atoms with Crippen molar-refractivity contribution in [3.8, 4) is 11.5 Å². The molecule has 4 atom stereocenters. The molecular formula is C24H19N3O7. The molecule has 0 aromatic heterocycles. The number of rotatable bonds is 6. The molecule has 3 aliphatic rings. The van der Waals surface area contributed by atoms with Gasteiger partial charge in [-0.3, -0.25) is 19.7 Å². The highest BCUT2D eigenvalue weighted by Gasteiger charge is 2.59. The van der Waals surface area contributed by atoms with E-state index in [1.165, 1.54) is 31.4 Å². The van der Waals surface area contributed by atoms with E-state index in [-0.39, 0.29) is 46.2 Å². The van der Waals surface area contributed by atoms with E-state index in [0.717, 1.165) is 23.7 Å². The topological polar surface area (TPSA) is 128 Å². The number of nitrogens with zero attached hydrogens (tertiary/aromatic N) is 3. The van der Waals surface area contributed by atoms with Gasteiger partial charge in [-0.25, -0.2) is 4.79 Å². The van der Waals surface area contributed by atoms with Crippen molar-refractivity contribution in [1.82, 2.24) is 5.01 Å². The lowest BCUT2D eigenvalue weighted by molar-refractivity contribution is -0.384. The Labute approximate surface area is 193 Å². The number of fused-ring (bicyclic) bond motifs is 5. The molecule has 2 amide bonds. The average molecular weight is 461 g/mol. The minimum absolute atomic E-state index is 0.00352. The standard InChI is InChI=1S/C24H19N3O7/c1-33-18-7-4-13(5-8-18)24(30)34-19-9-6-17(27(31)32)11-16(19)12-25-26-22(28)20-14-2-3-15(10-14)21(20)23(26)29/h2-9,11-12,14-15,20-21H,10H2,1H3. The van der Waals surface area contributed by atoms with E-state index in [9.17, 15) is 24.5 Å². The summed E-state index contributed by atoms with van der Waals surface area (Å²) in [5, 5.41) is 16.1. The summed E-state index contributed by atoms with van der Waals surface area (Å²) in [6.45, 7) is 0. The third-order valence-electron chi connectivity index (χ3n) is 6.49. The summed E-state index contributed by atoms with van der Waals surface area (Å²) in [5.74, 6) is -1.68. The van der Waals surface area contributed by atoms with E-state index in [2.05, 4.69) is 5.10 Å². The summed E-state index contributed by atoms with van der Waals surface area (Å²) in [6, 6.07) is 9.85. The number of benzene rings is 2. The number of nitro benzene ring substituents is 1. The molecule has 34 heavy (non-hydrogen) atoms. The van der Waals surface area contributed by atoms with Gasteiger partial charge in [0.1, 0.15) is 11.5 Å². The highest BCUT2D eigenvalue weighted by molar-refractivity contribution is 6.07. The summed E-state index contributed by atoms with van der Waals surface area (Å²) < 4.78 is 10.5. The van der Waals surface area contributed by atoms with Crippen LogP contribution >= 0.6 is 0 Å². The van der Waals surface area contributed by atoms with Gasteiger partial charge in [0.2, 0.25) is 0 Å². The van der Waals surface area contributed by atoms with Gasteiger partial charge >= 0.3 is 5.97 Å². The second-order valence-electron chi connectivity index (χ2n) is 8.33. The fraction of sp³-hybridized carbons (Fsp3) is 0.250. The first-order chi connectivity index (χ1) is 16.4. The van der Waals surface area contributed by atoms with Gasteiger partial charge in [-0.05, 0) is 48.6 Å². The van der Waals surface area contributed by atoms with E-state index < -0.39 is 22.7 Å². The molecule has 172 valence electrons. The highest BCUT2D eigenvalue weighted by atomic mass is 16.6. The van der Waals surface area contributed by atoms with Crippen LogP contribution in [-0.4, -0.2) is 41.0 Å². The summed E-state index contributed by atoms with van der Waals surface area (Å²) in [6.07, 6.45) is 5.87. The van der Waals surface area contributed by atoms with Gasteiger partial charge in [0, 0.05) is 17.7 Å². The first-order valence-electron chi connectivity index (χ1n) is 10.6. The van der Waals surface area contributed by atoms with Gasteiger partial charge in [0.15, 0.2) is 0 Å². The van der Waals surface area contributed by atoms with Crippen LogP contribution in [0.25, 0.3) is 0 Å². The Morgan fingerprint density at radius 3 is 2.32 bits per heavy atom. The van der Waals surface area contributed by atoms with E-state index in [1.54, 1.807) is 12.1 Å². The number of carbonyl (C=O) groups is 3. The van der Waals surface area contributed by atoms with E-state index in [4.69, 9.17) is 9.47 Å². The molecule has 0 N–H and O–H groups in total. The lowest BCUT2D eigenvalue weighted by Gasteiger charge is -2.13. The second kappa shape index (κ2) is 8.22. The minimum atomic E-state index is -0.698. The van der Waals surface area contributed by atoms with Crippen molar-refractivity contribution in [2.75, 3.05) is 7.11 Å². The molecule has 10 nitrogen and oxygen atoms in total. The zero-order valence-corrected chi connectivity index (χ0v) is 18.0. The SMILES string of the molecule is COc1ccc(C(=O)Oc2ccc([N+](=O)[O-])cc2C=NN2C(=O)C3C4C=CC(C4)C3C2=O)cc1. The van der Waals surface area contributed by atoms with Gasteiger partial charge in [-0.15, -0.1) is 0 Å². The molecule has 2 bridgehead atoms. The molecule has 2 aromatic rings. The van der Waals surface area contributed by atoms with Crippen molar-refractivity contribution in [1.29, 1.82) is 0 Å². The predicted octanol–water partition coefficient (Wildman–Crippen LogP) is 2.96. The molecule has 0 spiro atoms. The largest absolute Gasteiger partial charge is 0.497 e. The molecule has 1 saturated heterocycles. The second-order valence-corrected chi connectivity index (χ2v) is 8.33. The summed E-state index contributed by atoms with van der Waals surface area (Å²) in [4.78, 5) is 48.9. The van der Waals surface area contributed by atoms with Crippen molar-refractivity contribution < 1.29 is 28.8 Å². The number of hydrogen-bond donors (Lipinski definition) is 0. The number of nitro groups is 1. The molecule has 5 rings (SSSR count). The quantitative estimate of drug-likeness (QED) is 0.123. The molecular weight excluding hydrogens is 442 g/mol. The molecule has 0 radical (unpaired) electrons. The minimum Gasteiger partial charge on any atom is -0.497 e. The number of carbonyl (C=O) groups excluding carboxylic acids is 3. The zero-order chi connectivity index (χ0) is 24.0. The molecule has 1 heterocycles. The number of allylic oxidation sites excluding steroid dienone is 2. The van der Waals surface area contributed by atoms with Gasteiger partial charge in [-0.1, -0.05) is 12.2 Å². The lowest BCUT2D eigenvalue weighted by atomic mass is 9.85. The molecule has 1 aliphatic heterocycles. The first-order valence-corrected chi connectivity index (χ1v) is 10.6. The fourth-order valence-corrected chi connectivity index (χ4v) is 4.85. The van der Waals surface area contributed by atoms with E-state index in [1.807, 2.05) is 12.2 Å². The molecule has 2 aliphatic carbocycles. The Bertz CT molecular complexity index is 1240. The molecule has 2 aromatic carbocycles. The summed E-state index contributed by atoms with van der Waals surface area (Å²) in [5.41, 5.74) is 0.0569. The number of amides is 2. The Kier molecular flexibility index (Phi) is 5.20. The van der Waals surface area contributed by atoms with Crippen LogP contribution in [0.15, 0.2) is 59.7 Å². The number of methoxy groups -OCH3 is 1. The van der Waals surface area contributed by atoms with E-state index >= 15 is 0 Å². The van der Waals surface area contributed by atoms with Crippen molar-refractivity contribution >= 4 is 29.7 Å². The predicted molar refractivity (Wildman–Crippen MR) is 118 cm³/mol. The summed E-state index contributed by atoms with van der Waals surface area (Å²) >= 11 is 0. The van der Waals surface area contributed by atoms with Crippen LogP contribution in [0.2, 0.25) is 0 Å². The van der Waals surface area contributed by atoms with Gasteiger partial charge in [0.25, 0.3) is 17.5 Å². The molecule has 10 heteroatoms. The smallest absolute Gasteiger partial charge is 0.343 e. The molecule has 1 saturated carbocycles.